The molecule has 3 N–H and O–H groups in total. The van der Waals surface area contributed by atoms with Gasteiger partial charge in [-0.3, -0.25) is 14.9 Å². The van der Waals surface area contributed by atoms with E-state index in [-0.39, 0.29) is 12.5 Å². The Kier molecular flexibility index (Phi) is 2.81. The van der Waals surface area contributed by atoms with Crippen molar-refractivity contribution in [3.8, 4) is 0 Å². The summed E-state index contributed by atoms with van der Waals surface area (Å²) in [4.78, 5) is 35.9. The van der Waals surface area contributed by atoms with Crippen LogP contribution in [-0.4, -0.2) is 34.8 Å². The fourth-order valence-corrected chi connectivity index (χ4v) is 2.71. The second-order valence-electron chi connectivity index (χ2n) is 5.03. The normalized spacial score (nSPS) is 33.0. The molecule has 1 saturated carbocycles. The van der Waals surface area contributed by atoms with Gasteiger partial charge in [0, 0.05) is 0 Å². The molecule has 1 saturated heterocycles. The Balaban J connectivity index is 2.25. The van der Waals surface area contributed by atoms with Crippen LogP contribution in [0.5, 0.6) is 0 Å². The largest absolute Gasteiger partial charge is 0.368 e. The molecular weight excluding hydrogens is 222 g/mol. The van der Waals surface area contributed by atoms with Crippen LogP contribution in [0.1, 0.15) is 32.6 Å². The highest BCUT2D eigenvalue weighted by atomic mass is 16.2. The molecule has 0 unspecified atom stereocenters. The van der Waals surface area contributed by atoms with Gasteiger partial charge in [0.15, 0.2) is 0 Å². The third-order valence-electron chi connectivity index (χ3n) is 3.82. The minimum Gasteiger partial charge on any atom is -0.368 e. The quantitative estimate of drug-likeness (QED) is 0.663. The molecule has 6 heteroatoms. The molecule has 2 aliphatic rings. The summed E-state index contributed by atoms with van der Waals surface area (Å²) in [5.41, 5.74) is 4.29. The maximum atomic E-state index is 11.9. The van der Waals surface area contributed by atoms with E-state index in [2.05, 4.69) is 12.2 Å². The number of nitrogens with zero attached hydrogens (tertiary/aromatic N) is 1. The van der Waals surface area contributed by atoms with Crippen molar-refractivity contribution in [2.75, 3.05) is 6.54 Å². The van der Waals surface area contributed by atoms with Crippen LogP contribution >= 0.6 is 0 Å². The highest BCUT2D eigenvalue weighted by Crippen LogP contribution is 2.39. The van der Waals surface area contributed by atoms with Gasteiger partial charge >= 0.3 is 6.03 Å². The van der Waals surface area contributed by atoms with Gasteiger partial charge in [0.25, 0.3) is 5.91 Å². The van der Waals surface area contributed by atoms with Crippen molar-refractivity contribution < 1.29 is 14.4 Å². The summed E-state index contributed by atoms with van der Waals surface area (Å²) < 4.78 is 0. The van der Waals surface area contributed by atoms with Crippen LogP contribution < -0.4 is 11.1 Å². The molecule has 4 amide bonds. The number of urea groups is 1. The van der Waals surface area contributed by atoms with Crippen LogP contribution in [0.3, 0.4) is 0 Å². The van der Waals surface area contributed by atoms with Gasteiger partial charge in [-0.2, -0.15) is 0 Å². The lowest BCUT2D eigenvalue weighted by atomic mass is 9.76. The Morgan fingerprint density at radius 2 is 2.06 bits per heavy atom. The maximum absolute atomic E-state index is 11.9. The zero-order chi connectivity index (χ0) is 12.6. The van der Waals surface area contributed by atoms with Crippen molar-refractivity contribution in [3.05, 3.63) is 0 Å². The van der Waals surface area contributed by atoms with E-state index < -0.39 is 17.5 Å². The van der Waals surface area contributed by atoms with Crippen LogP contribution in [-0.2, 0) is 9.59 Å². The van der Waals surface area contributed by atoms with Crippen molar-refractivity contribution >= 4 is 17.8 Å². The number of amides is 4. The zero-order valence-electron chi connectivity index (χ0n) is 9.86. The van der Waals surface area contributed by atoms with Gasteiger partial charge in [-0.1, -0.05) is 6.92 Å². The van der Waals surface area contributed by atoms with Crippen LogP contribution in [0.4, 0.5) is 4.79 Å². The van der Waals surface area contributed by atoms with Crippen LogP contribution in [0, 0.1) is 5.92 Å². The fourth-order valence-electron chi connectivity index (χ4n) is 2.71. The van der Waals surface area contributed by atoms with Crippen molar-refractivity contribution in [2.45, 2.75) is 38.1 Å². The van der Waals surface area contributed by atoms with E-state index in [1.54, 1.807) is 0 Å². The smallest absolute Gasteiger partial charge is 0.325 e. The second-order valence-corrected chi connectivity index (χ2v) is 5.03. The molecular formula is C11H17N3O3. The molecule has 0 aromatic carbocycles. The minimum absolute atomic E-state index is 0.189. The molecule has 0 bridgehead atoms. The Labute approximate surface area is 99.5 Å². The summed E-state index contributed by atoms with van der Waals surface area (Å²) in [7, 11) is 0. The SMILES string of the molecule is CC1CCC2(CC1)C(=O)NC(=O)N2CC(N)=O. The average molecular weight is 239 g/mol. The Morgan fingerprint density at radius 1 is 1.47 bits per heavy atom. The number of primary amides is 1. The number of nitrogens with two attached hydrogens (primary N) is 1. The van der Waals surface area contributed by atoms with Gasteiger partial charge in [-0.15, -0.1) is 0 Å². The van der Waals surface area contributed by atoms with Crippen molar-refractivity contribution in [1.82, 2.24) is 10.2 Å². The molecule has 0 atom stereocenters. The van der Waals surface area contributed by atoms with E-state index in [1.165, 1.54) is 4.90 Å². The number of hydrogen-bond donors (Lipinski definition) is 2. The molecule has 2 fully saturated rings. The standard InChI is InChI=1S/C11H17N3O3/c1-7-2-4-11(5-3-7)9(16)13-10(17)14(11)6-8(12)15/h7H,2-6H2,1H3,(H2,12,15)(H,13,16,17). The first kappa shape index (κ1) is 11.9. The second kappa shape index (κ2) is 4.01. The molecule has 1 aliphatic heterocycles. The number of hydrogen-bond acceptors (Lipinski definition) is 3. The zero-order valence-corrected chi connectivity index (χ0v) is 9.86. The van der Waals surface area contributed by atoms with Crippen LogP contribution in [0.25, 0.3) is 0 Å². The molecule has 0 aromatic rings. The van der Waals surface area contributed by atoms with E-state index in [1.807, 2.05) is 0 Å². The van der Waals surface area contributed by atoms with Crippen molar-refractivity contribution in [3.63, 3.8) is 0 Å². The summed E-state index contributed by atoms with van der Waals surface area (Å²) in [5.74, 6) is -0.317. The third-order valence-corrected chi connectivity index (χ3v) is 3.82. The lowest BCUT2D eigenvalue weighted by Crippen LogP contribution is -2.54. The number of nitrogens with one attached hydrogen (secondary N) is 1. The highest BCUT2D eigenvalue weighted by molar-refractivity contribution is 6.08. The summed E-state index contributed by atoms with van der Waals surface area (Å²) in [6.07, 6.45) is 2.99. The molecule has 0 aromatic heterocycles. The summed E-state index contributed by atoms with van der Waals surface area (Å²) in [6, 6.07) is -0.497. The molecule has 0 radical (unpaired) electrons. The first-order valence-corrected chi connectivity index (χ1v) is 5.87. The minimum atomic E-state index is -0.835. The van der Waals surface area contributed by atoms with E-state index in [4.69, 9.17) is 5.73 Å². The lowest BCUT2D eigenvalue weighted by molar-refractivity contribution is -0.130. The monoisotopic (exact) mass is 239 g/mol. The molecule has 2 rings (SSSR count). The molecule has 1 spiro atoms. The number of carbonyl (C=O) groups excluding carboxylic acids is 3. The maximum Gasteiger partial charge on any atom is 0.325 e. The van der Waals surface area contributed by atoms with E-state index >= 15 is 0 Å². The van der Waals surface area contributed by atoms with Crippen LogP contribution in [0.2, 0.25) is 0 Å². The van der Waals surface area contributed by atoms with E-state index in [9.17, 15) is 14.4 Å². The molecule has 17 heavy (non-hydrogen) atoms. The Hall–Kier alpha value is -1.59. The van der Waals surface area contributed by atoms with E-state index in [0.29, 0.717) is 18.8 Å². The molecule has 1 aliphatic carbocycles. The Morgan fingerprint density at radius 3 is 2.59 bits per heavy atom. The first-order valence-electron chi connectivity index (χ1n) is 5.87. The van der Waals surface area contributed by atoms with Gasteiger partial charge in [0.1, 0.15) is 12.1 Å². The van der Waals surface area contributed by atoms with Gasteiger partial charge in [-0.05, 0) is 31.6 Å². The topological polar surface area (TPSA) is 92.5 Å². The van der Waals surface area contributed by atoms with Gasteiger partial charge in [0.05, 0.1) is 0 Å². The lowest BCUT2D eigenvalue weighted by Gasteiger charge is -2.39. The number of rotatable bonds is 2. The predicted octanol–water partition coefficient (Wildman–Crippen LogP) is -0.0276. The predicted molar refractivity (Wildman–Crippen MR) is 59.8 cm³/mol. The summed E-state index contributed by atoms with van der Waals surface area (Å²) in [6.45, 7) is 1.94. The van der Waals surface area contributed by atoms with Crippen molar-refractivity contribution in [2.24, 2.45) is 11.7 Å². The fraction of sp³-hybridized carbons (Fsp3) is 0.727. The Bertz CT molecular complexity index is 372. The van der Waals surface area contributed by atoms with Crippen LogP contribution in [0.15, 0.2) is 0 Å². The first-order chi connectivity index (χ1) is 7.95. The van der Waals surface area contributed by atoms with E-state index in [0.717, 1.165) is 12.8 Å². The van der Waals surface area contributed by atoms with Crippen molar-refractivity contribution in [1.29, 1.82) is 0 Å². The van der Waals surface area contributed by atoms with Gasteiger partial charge < -0.3 is 10.6 Å². The highest BCUT2D eigenvalue weighted by Gasteiger charge is 2.53. The summed E-state index contributed by atoms with van der Waals surface area (Å²) >= 11 is 0. The third kappa shape index (κ3) is 1.87. The van der Waals surface area contributed by atoms with Gasteiger partial charge in [-0.25, -0.2) is 4.79 Å². The van der Waals surface area contributed by atoms with Gasteiger partial charge in [0.2, 0.25) is 5.91 Å². The molecule has 94 valence electrons. The number of carbonyl (C=O) groups is 3. The summed E-state index contributed by atoms with van der Waals surface area (Å²) in [5, 5.41) is 2.29. The molecule has 1 heterocycles. The molecule has 6 nitrogen and oxygen atoms in total. The average Bonchev–Trinajstić information content (AvgIpc) is 2.47. The number of imide groups is 1.